The zero-order chi connectivity index (χ0) is 21.9. The van der Waals surface area contributed by atoms with Gasteiger partial charge >= 0.3 is 0 Å². The second-order valence-electron chi connectivity index (χ2n) is 7.66. The first-order chi connectivity index (χ1) is 15.7. The van der Waals surface area contributed by atoms with Crippen LogP contribution in [0.25, 0.3) is 11.3 Å². The van der Waals surface area contributed by atoms with E-state index < -0.39 is 0 Å². The Hall–Kier alpha value is -3.58. The van der Waals surface area contributed by atoms with Crippen LogP contribution in [0.5, 0.6) is 0 Å². The zero-order valence-electron chi connectivity index (χ0n) is 17.2. The average molecular weight is 446 g/mol. The summed E-state index contributed by atoms with van der Waals surface area (Å²) in [4.78, 5) is 32.2. The van der Waals surface area contributed by atoms with Crippen molar-refractivity contribution >= 4 is 17.5 Å². The number of carbonyl (C=O) groups is 1. The molecule has 7 nitrogen and oxygen atoms in total. The molecule has 0 saturated carbocycles. The van der Waals surface area contributed by atoms with E-state index in [1.807, 2.05) is 36.4 Å². The van der Waals surface area contributed by atoms with Crippen molar-refractivity contribution in [1.29, 1.82) is 0 Å². The summed E-state index contributed by atoms with van der Waals surface area (Å²) in [6.07, 6.45) is 8.86. The van der Waals surface area contributed by atoms with Gasteiger partial charge in [0.2, 0.25) is 5.89 Å². The minimum absolute atomic E-state index is 0.136. The van der Waals surface area contributed by atoms with E-state index in [9.17, 15) is 4.79 Å². The minimum Gasteiger partial charge on any atom is -0.443 e. The molecule has 0 unspecified atom stereocenters. The van der Waals surface area contributed by atoms with Gasteiger partial charge in [-0.2, -0.15) is 0 Å². The van der Waals surface area contributed by atoms with E-state index in [0.29, 0.717) is 35.3 Å². The molecule has 4 heterocycles. The summed E-state index contributed by atoms with van der Waals surface area (Å²) in [5.74, 6) is 1.18. The molecular weight excluding hydrogens is 426 g/mol. The van der Waals surface area contributed by atoms with Crippen LogP contribution in [-0.4, -0.2) is 37.3 Å². The molecule has 0 bridgehead atoms. The van der Waals surface area contributed by atoms with Crippen LogP contribution in [0.15, 0.2) is 71.8 Å². The van der Waals surface area contributed by atoms with E-state index in [1.54, 1.807) is 29.6 Å². The molecule has 1 fully saturated rings. The predicted octanol–water partition coefficient (Wildman–Crippen LogP) is 4.75. The number of hydrogen-bond donors (Lipinski definition) is 0. The lowest BCUT2D eigenvalue weighted by molar-refractivity contribution is 0.0708. The summed E-state index contributed by atoms with van der Waals surface area (Å²) < 4.78 is 6.04. The molecule has 1 aliphatic rings. The number of rotatable bonds is 5. The van der Waals surface area contributed by atoms with Crippen molar-refractivity contribution in [3.05, 3.63) is 95.3 Å². The van der Waals surface area contributed by atoms with Crippen molar-refractivity contribution in [2.24, 2.45) is 0 Å². The van der Waals surface area contributed by atoms with Gasteiger partial charge in [-0.1, -0.05) is 29.8 Å². The highest BCUT2D eigenvalue weighted by Gasteiger charge is 2.34. The zero-order valence-corrected chi connectivity index (χ0v) is 17.9. The van der Waals surface area contributed by atoms with Crippen LogP contribution in [0, 0.1) is 0 Å². The molecule has 1 saturated heterocycles. The van der Waals surface area contributed by atoms with Crippen molar-refractivity contribution < 1.29 is 9.21 Å². The smallest absolute Gasteiger partial charge is 0.273 e. The summed E-state index contributed by atoms with van der Waals surface area (Å²) in [5.41, 5.74) is 2.89. The highest BCUT2D eigenvalue weighted by molar-refractivity contribution is 6.30. The Morgan fingerprint density at radius 2 is 1.91 bits per heavy atom. The van der Waals surface area contributed by atoms with Gasteiger partial charge in [-0.15, -0.1) is 0 Å². The molecule has 0 N–H and O–H groups in total. The Morgan fingerprint density at radius 3 is 2.72 bits per heavy atom. The number of hydrogen-bond acceptors (Lipinski definition) is 6. The quantitative estimate of drug-likeness (QED) is 0.440. The van der Waals surface area contributed by atoms with Crippen molar-refractivity contribution in [2.45, 2.75) is 25.3 Å². The van der Waals surface area contributed by atoms with Gasteiger partial charge in [0, 0.05) is 35.9 Å². The molecule has 0 aliphatic carbocycles. The minimum atomic E-state index is -0.202. The molecule has 8 heteroatoms. The summed E-state index contributed by atoms with van der Waals surface area (Å²) >= 11 is 5.96. The Labute approximate surface area is 190 Å². The molecule has 0 radical (unpaired) electrons. The number of amides is 1. The highest BCUT2D eigenvalue weighted by Crippen LogP contribution is 2.33. The molecule has 4 aromatic rings. The molecule has 3 aromatic heterocycles. The average Bonchev–Trinajstić information content (AvgIpc) is 3.50. The fraction of sp³-hybridized carbons (Fsp3) is 0.208. The summed E-state index contributed by atoms with van der Waals surface area (Å²) in [5, 5.41) is 0.699. The monoisotopic (exact) mass is 445 g/mol. The lowest BCUT2D eigenvalue weighted by Crippen LogP contribution is -2.31. The third-order valence-electron chi connectivity index (χ3n) is 5.49. The molecule has 1 amide bonds. The molecule has 1 aliphatic heterocycles. The van der Waals surface area contributed by atoms with Crippen LogP contribution in [0.3, 0.4) is 0 Å². The first kappa shape index (κ1) is 20.3. The van der Waals surface area contributed by atoms with Gasteiger partial charge in [0.1, 0.15) is 23.8 Å². The van der Waals surface area contributed by atoms with Gasteiger partial charge in [-0.25, -0.2) is 19.9 Å². The predicted molar refractivity (Wildman–Crippen MR) is 119 cm³/mol. The van der Waals surface area contributed by atoms with E-state index in [2.05, 4.69) is 19.9 Å². The molecule has 1 aromatic carbocycles. The van der Waals surface area contributed by atoms with E-state index in [-0.39, 0.29) is 11.9 Å². The van der Waals surface area contributed by atoms with Gasteiger partial charge in [-0.05, 0) is 42.7 Å². The van der Waals surface area contributed by atoms with E-state index in [0.717, 1.165) is 29.7 Å². The Bertz CT molecular complexity index is 1230. The van der Waals surface area contributed by atoms with Crippen LogP contribution in [0.4, 0.5) is 0 Å². The lowest BCUT2D eigenvalue weighted by Gasteiger charge is -2.22. The van der Waals surface area contributed by atoms with Crippen LogP contribution >= 0.6 is 11.6 Å². The van der Waals surface area contributed by atoms with Crippen molar-refractivity contribution in [3.8, 4) is 11.3 Å². The van der Waals surface area contributed by atoms with Crippen molar-refractivity contribution in [2.75, 3.05) is 6.54 Å². The molecular formula is C24H20ClN5O2. The number of nitrogens with zero attached hydrogens (tertiary/aromatic N) is 5. The summed E-state index contributed by atoms with van der Waals surface area (Å²) in [6, 6.07) is 12.8. The first-order valence-corrected chi connectivity index (χ1v) is 10.8. The van der Waals surface area contributed by atoms with Gasteiger partial charge in [0.05, 0.1) is 11.9 Å². The van der Waals surface area contributed by atoms with Crippen LogP contribution in [-0.2, 0) is 6.42 Å². The highest BCUT2D eigenvalue weighted by atomic mass is 35.5. The number of halogens is 1. The van der Waals surface area contributed by atoms with Crippen LogP contribution in [0.2, 0.25) is 5.02 Å². The second-order valence-corrected chi connectivity index (χ2v) is 8.10. The fourth-order valence-corrected chi connectivity index (χ4v) is 4.05. The van der Waals surface area contributed by atoms with Crippen molar-refractivity contribution in [3.63, 3.8) is 0 Å². The largest absolute Gasteiger partial charge is 0.443 e. The standard InChI is InChI=1S/C24H20ClN5O2/c25-18-8-6-16(7-9-18)11-19-14-28-23(32-19)22-5-2-10-30(22)24(31)21-4-1-3-20(29-21)17-12-26-15-27-13-17/h1,3-4,6-9,12-15,22H,2,5,10-11H2/t22-/m1/s1. The van der Waals surface area contributed by atoms with Crippen LogP contribution in [0.1, 0.15) is 46.6 Å². The van der Waals surface area contributed by atoms with Crippen molar-refractivity contribution in [1.82, 2.24) is 24.8 Å². The topological polar surface area (TPSA) is 85.0 Å². The molecule has 1 atom stereocenters. The first-order valence-electron chi connectivity index (χ1n) is 10.4. The number of pyridine rings is 1. The normalized spacial score (nSPS) is 15.8. The van der Waals surface area contributed by atoms with E-state index in [4.69, 9.17) is 16.0 Å². The molecule has 160 valence electrons. The third-order valence-corrected chi connectivity index (χ3v) is 5.74. The fourth-order valence-electron chi connectivity index (χ4n) is 3.92. The SMILES string of the molecule is O=C(c1cccc(-c2cncnc2)n1)N1CCC[C@@H]1c1ncc(Cc2ccc(Cl)cc2)o1. The Balaban J connectivity index is 1.34. The number of oxazole rings is 1. The van der Waals surface area contributed by atoms with Crippen LogP contribution < -0.4 is 0 Å². The van der Waals surface area contributed by atoms with Gasteiger partial charge in [0.15, 0.2) is 0 Å². The molecule has 5 rings (SSSR count). The Kier molecular flexibility index (Phi) is 5.64. The number of benzene rings is 1. The van der Waals surface area contributed by atoms with Gasteiger partial charge in [0.25, 0.3) is 5.91 Å². The summed E-state index contributed by atoms with van der Waals surface area (Å²) in [6.45, 7) is 0.638. The number of aromatic nitrogens is 4. The van der Waals surface area contributed by atoms with Gasteiger partial charge < -0.3 is 9.32 Å². The Morgan fingerprint density at radius 1 is 1.09 bits per heavy atom. The van der Waals surface area contributed by atoms with E-state index >= 15 is 0 Å². The summed E-state index contributed by atoms with van der Waals surface area (Å²) in [7, 11) is 0. The number of likely N-dealkylation sites (tertiary alicyclic amines) is 1. The second kappa shape index (κ2) is 8.88. The number of carbonyl (C=O) groups excluding carboxylic acids is 1. The van der Waals surface area contributed by atoms with E-state index in [1.165, 1.54) is 6.33 Å². The maximum atomic E-state index is 13.3. The molecule has 0 spiro atoms. The maximum Gasteiger partial charge on any atom is 0.273 e. The lowest BCUT2D eigenvalue weighted by atomic mass is 10.1. The maximum absolute atomic E-state index is 13.3. The van der Waals surface area contributed by atoms with Gasteiger partial charge in [-0.3, -0.25) is 4.79 Å². The third kappa shape index (κ3) is 4.24. The molecule has 32 heavy (non-hydrogen) atoms.